The lowest BCUT2D eigenvalue weighted by Gasteiger charge is -2.14. The lowest BCUT2D eigenvalue weighted by molar-refractivity contribution is -0.153. The summed E-state index contributed by atoms with van der Waals surface area (Å²) < 4.78 is 47.8. The molecule has 0 bridgehead atoms. The van der Waals surface area contributed by atoms with E-state index in [-0.39, 0.29) is 23.5 Å². The molecule has 4 nitrogen and oxygen atoms in total. The molecule has 7 heteroatoms. The first-order valence-corrected chi connectivity index (χ1v) is 8.16. The second kappa shape index (κ2) is 6.90. The molecule has 2 atom stereocenters. The molecule has 2 aromatic carbocycles. The molecule has 1 aliphatic rings. The maximum atomic E-state index is 12.7. The first-order valence-electron chi connectivity index (χ1n) is 8.16. The molecule has 26 heavy (non-hydrogen) atoms. The number of fused-ring (bicyclic) bond motifs is 1. The Hall–Kier alpha value is -2.70. The van der Waals surface area contributed by atoms with Crippen LogP contribution in [-0.2, 0) is 0 Å². The van der Waals surface area contributed by atoms with Crippen molar-refractivity contribution in [1.29, 1.82) is 0 Å². The van der Waals surface area contributed by atoms with Gasteiger partial charge in [0.05, 0.1) is 11.3 Å². The van der Waals surface area contributed by atoms with E-state index < -0.39 is 18.7 Å². The van der Waals surface area contributed by atoms with Crippen LogP contribution in [0.5, 0.6) is 11.5 Å². The van der Waals surface area contributed by atoms with Crippen molar-refractivity contribution in [2.45, 2.75) is 32.0 Å². The lowest BCUT2D eigenvalue weighted by Crippen LogP contribution is -2.20. The predicted molar refractivity (Wildman–Crippen MR) is 90.9 cm³/mol. The largest absolute Gasteiger partial charge is 0.489 e. The van der Waals surface area contributed by atoms with E-state index in [4.69, 9.17) is 9.47 Å². The molecule has 138 valence electrons. The standard InChI is InChI=1S/C19H18F3NO3/c1-11-12(2)26-17-13(11)6-5-7-14(17)18(24)23-15-8-3-4-9-16(15)25-10-19(20,21)22/h3-9,11-12H,10H2,1-2H3,(H,23,24)/t11-,12+/m1/s1. The summed E-state index contributed by atoms with van der Waals surface area (Å²) in [4.78, 5) is 12.7. The zero-order chi connectivity index (χ0) is 18.9. The zero-order valence-electron chi connectivity index (χ0n) is 14.3. The number of para-hydroxylation sites is 3. The third kappa shape index (κ3) is 3.76. The van der Waals surface area contributed by atoms with E-state index in [0.29, 0.717) is 11.3 Å². The van der Waals surface area contributed by atoms with Gasteiger partial charge in [-0.15, -0.1) is 0 Å². The molecule has 1 amide bonds. The number of carbonyl (C=O) groups is 1. The van der Waals surface area contributed by atoms with Crippen LogP contribution in [-0.4, -0.2) is 24.8 Å². The van der Waals surface area contributed by atoms with Gasteiger partial charge in [-0.3, -0.25) is 4.79 Å². The van der Waals surface area contributed by atoms with Crippen LogP contribution in [0.2, 0.25) is 0 Å². The van der Waals surface area contributed by atoms with E-state index in [2.05, 4.69) is 5.32 Å². The number of benzene rings is 2. The molecular weight excluding hydrogens is 347 g/mol. The molecule has 0 saturated carbocycles. The van der Waals surface area contributed by atoms with E-state index >= 15 is 0 Å². The second-order valence-electron chi connectivity index (χ2n) is 6.19. The van der Waals surface area contributed by atoms with Gasteiger partial charge in [-0.25, -0.2) is 0 Å². The van der Waals surface area contributed by atoms with Crippen molar-refractivity contribution in [3.05, 3.63) is 53.6 Å². The minimum Gasteiger partial charge on any atom is -0.489 e. The number of ether oxygens (including phenoxy) is 2. The van der Waals surface area contributed by atoms with Crippen LogP contribution < -0.4 is 14.8 Å². The van der Waals surface area contributed by atoms with Crippen molar-refractivity contribution >= 4 is 11.6 Å². The van der Waals surface area contributed by atoms with Crippen molar-refractivity contribution in [3.8, 4) is 11.5 Å². The van der Waals surface area contributed by atoms with Gasteiger partial charge in [-0.2, -0.15) is 13.2 Å². The normalized spacial score (nSPS) is 18.8. The Balaban J connectivity index is 1.82. The molecule has 0 spiro atoms. The molecule has 2 aromatic rings. The van der Waals surface area contributed by atoms with Gasteiger partial charge in [-0.05, 0) is 25.1 Å². The molecule has 1 heterocycles. The molecule has 1 N–H and O–H groups in total. The first-order chi connectivity index (χ1) is 12.3. The summed E-state index contributed by atoms with van der Waals surface area (Å²) in [5.41, 5.74) is 1.44. The van der Waals surface area contributed by atoms with Crippen LogP contribution in [0.25, 0.3) is 0 Å². The molecule has 1 aliphatic heterocycles. The fourth-order valence-corrected chi connectivity index (χ4v) is 2.81. The van der Waals surface area contributed by atoms with Gasteiger partial charge in [0.1, 0.15) is 17.6 Å². The van der Waals surface area contributed by atoms with Crippen LogP contribution in [0.15, 0.2) is 42.5 Å². The van der Waals surface area contributed by atoms with Gasteiger partial charge < -0.3 is 14.8 Å². The van der Waals surface area contributed by atoms with Gasteiger partial charge in [0.25, 0.3) is 5.91 Å². The Morgan fingerprint density at radius 1 is 1.15 bits per heavy atom. The van der Waals surface area contributed by atoms with Crippen LogP contribution >= 0.6 is 0 Å². The molecule has 0 unspecified atom stereocenters. The highest BCUT2D eigenvalue weighted by Gasteiger charge is 2.31. The van der Waals surface area contributed by atoms with E-state index in [0.717, 1.165) is 5.56 Å². The number of anilines is 1. The van der Waals surface area contributed by atoms with Crippen LogP contribution in [0.1, 0.15) is 35.7 Å². The molecule has 0 saturated heterocycles. The Morgan fingerprint density at radius 2 is 1.88 bits per heavy atom. The highest BCUT2D eigenvalue weighted by molar-refractivity contribution is 6.07. The van der Waals surface area contributed by atoms with Crippen LogP contribution in [0.3, 0.4) is 0 Å². The average molecular weight is 365 g/mol. The predicted octanol–water partition coefficient (Wildman–Crippen LogP) is 4.76. The summed E-state index contributed by atoms with van der Waals surface area (Å²) in [5.74, 6) is 0.151. The van der Waals surface area contributed by atoms with E-state index in [9.17, 15) is 18.0 Å². The number of nitrogens with one attached hydrogen (secondary N) is 1. The fraction of sp³-hybridized carbons (Fsp3) is 0.316. The van der Waals surface area contributed by atoms with E-state index in [1.807, 2.05) is 19.9 Å². The molecule has 0 aliphatic carbocycles. The smallest absolute Gasteiger partial charge is 0.422 e. The lowest BCUT2D eigenvalue weighted by atomic mass is 9.97. The summed E-state index contributed by atoms with van der Waals surface area (Å²) >= 11 is 0. The summed E-state index contributed by atoms with van der Waals surface area (Å²) in [6.07, 6.45) is -4.52. The number of hydrogen-bond acceptors (Lipinski definition) is 3. The third-order valence-electron chi connectivity index (χ3n) is 4.32. The molecule has 3 rings (SSSR count). The number of rotatable bonds is 4. The summed E-state index contributed by atoms with van der Waals surface area (Å²) in [6, 6.07) is 11.3. The van der Waals surface area contributed by atoms with Gasteiger partial charge in [0.15, 0.2) is 6.61 Å². The Bertz CT molecular complexity index is 820. The number of carbonyl (C=O) groups excluding carboxylic acids is 1. The number of halogens is 3. The highest BCUT2D eigenvalue weighted by atomic mass is 19.4. The quantitative estimate of drug-likeness (QED) is 0.849. The summed E-state index contributed by atoms with van der Waals surface area (Å²) in [7, 11) is 0. The molecule has 0 fully saturated rings. The Labute approximate surface area is 148 Å². The first kappa shape index (κ1) is 18.1. The second-order valence-corrected chi connectivity index (χ2v) is 6.19. The summed E-state index contributed by atoms with van der Waals surface area (Å²) in [5, 5.41) is 2.61. The SMILES string of the molecule is C[C@@H]1Oc2c(C(=O)Nc3ccccc3OCC(F)(F)F)cccc2[C@@H]1C. The number of hydrogen-bond donors (Lipinski definition) is 1. The maximum absolute atomic E-state index is 12.7. The minimum absolute atomic E-state index is 0.0478. The van der Waals surface area contributed by atoms with Crippen LogP contribution in [0.4, 0.5) is 18.9 Å². The van der Waals surface area contributed by atoms with Crippen molar-refractivity contribution in [3.63, 3.8) is 0 Å². The molecule has 0 aromatic heterocycles. The van der Waals surface area contributed by atoms with Crippen molar-refractivity contribution in [2.75, 3.05) is 11.9 Å². The Kier molecular flexibility index (Phi) is 4.80. The third-order valence-corrected chi connectivity index (χ3v) is 4.32. The fourth-order valence-electron chi connectivity index (χ4n) is 2.81. The van der Waals surface area contributed by atoms with E-state index in [1.54, 1.807) is 18.2 Å². The zero-order valence-corrected chi connectivity index (χ0v) is 14.3. The van der Waals surface area contributed by atoms with Gasteiger partial charge >= 0.3 is 6.18 Å². The van der Waals surface area contributed by atoms with Crippen molar-refractivity contribution in [2.24, 2.45) is 0 Å². The topological polar surface area (TPSA) is 47.6 Å². The van der Waals surface area contributed by atoms with Gasteiger partial charge in [-0.1, -0.05) is 31.2 Å². The molecular formula is C19H18F3NO3. The summed E-state index contributed by atoms with van der Waals surface area (Å²) in [6.45, 7) is 2.50. The average Bonchev–Trinajstić information content (AvgIpc) is 2.88. The van der Waals surface area contributed by atoms with Crippen molar-refractivity contribution < 1.29 is 27.4 Å². The van der Waals surface area contributed by atoms with E-state index in [1.165, 1.54) is 18.2 Å². The highest BCUT2D eigenvalue weighted by Crippen LogP contribution is 2.40. The van der Waals surface area contributed by atoms with Crippen molar-refractivity contribution in [1.82, 2.24) is 0 Å². The Morgan fingerprint density at radius 3 is 2.62 bits per heavy atom. The van der Waals surface area contributed by atoms with Gasteiger partial charge in [0, 0.05) is 11.5 Å². The maximum Gasteiger partial charge on any atom is 0.422 e. The number of amides is 1. The van der Waals surface area contributed by atoms with Gasteiger partial charge in [0.2, 0.25) is 0 Å². The minimum atomic E-state index is -4.46. The van der Waals surface area contributed by atoms with Crippen LogP contribution in [0, 0.1) is 0 Å². The monoisotopic (exact) mass is 365 g/mol. The number of alkyl halides is 3. The molecule has 0 radical (unpaired) electrons.